The zero-order chi connectivity index (χ0) is 17.8. The molecule has 0 spiro atoms. The number of halogens is 1. The van der Waals surface area contributed by atoms with Crippen LogP contribution < -0.4 is 9.64 Å². The maximum Gasteiger partial charge on any atom is 0.260 e. The number of piperazine rings is 1. The Morgan fingerprint density at radius 2 is 1.76 bits per heavy atom. The smallest absolute Gasteiger partial charge is 0.260 e. The average Bonchev–Trinajstić information content (AvgIpc) is 2.62. The Kier molecular flexibility index (Phi) is 5.49. The van der Waals surface area contributed by atoms with Crippen molar-refractivity contribution in [2.75, 3.05) is 37.7 Å². The fourth-order valence-electron chi connectivity index (χ4n) is 2.99. The molecule has 2 aromatic rings. The van der Waals surface area contributed by atoms with Crippen molar-refractivity contribution in [1.29, 1.82) is 0 Å². The Balaban J connectivity index is 1.52. The first-order valence-electron chi connectivity index (χ1n) is 8.51. The van der Waals surface area contributed by atoms with Gasteiger partial charge in [0.1, 0.15) is 5.75 Å². The largest absolute Gasteiger partial charge is 0.482 e. The van der Waals surface area contributed by atoms with Gasteiger partial charge in [0.2, 0.25) is 0 Å². The third kappa shape index (κ3) is 4.45. The highest BCUT2D eigenvalue weighted by molar-refractivity contribution is 6.32. The van der Waals surface area contributed by atoms with E-state index in [1.807, 2.05) is 24.0 Å². The van der Waals surface area contributed by atoms with E-state index in [0.717, 1.165) is 18.7 Å². The van der Waals surface area contributed by atoms with Gasteiger partial charge in [-0.2, -0.15) is 0 Å². The molecular formula is C20H23ClN2O2. The fourth-order valence-corrected chi connectivity index (χ4v) is 3.16. The van der Waals surface area contributed by atoms with Crippen LogP contribution in [0.2, 0.25) is 5.02 Å². The molecular weight excluding hydrogens is 336 g/mol. The zero-order valence-electron chi connectivity index (χ0n) is 14.7. The molecule has 0 N–H and O–H groups in total. The number of anilines is 1. The molecule has 4 nitrogen and oxygen atoms in total. The summed E-state index contributed by atoms with van der Waals surface area (Å²) in [6.45, 7) is 7.16. The molecule has 0 radical (unpaired) electrons. The van der Waals surface area contributed by atoms with Crippen LogP contribution in [0.5, 0.6) is 5.75 Å². The van der Waals surface area contributed by atoms with Crippen molar-refractivity contribution in [3.8, 4) is 5.75 Å². The SMILES string of the molecule is Cc1cccc(N2CCN(C(=O)COc3cc(C)ccc3Cl)CC2)c1. The molecule has 2 aromatic carbocycles. The molecule has 3 rings (SSSR count). The molecule has 132 valence electrons. The van der Waals surface area contributed by atoms with Crippen LogP contribution in [0.1, 0.15) is 11.1 Å². The van der Waals surface area contributed by atoms with Gasteiger partial charge in [-0.25, -0.2) is 0 Å². The van der Waals surface area contributed by atoms with Crippen molar-refractivity contribution < 1.29 is 9.53 Å². The van der Waals surface area contributed by atoms with Crippen LogP contribution in [0.3, 0.4) is 0 Å². The lowest BCUT2D eigenvalue weighted by Gasteiger charge is -2.36. The minimum Gasteiger partial charge on any atom is -0.482 e. The number of rotatable bonds is 4. The maximum absolute atomic E-state index is 12.4. The van der Waals surface area contributed by atoms with E-state index < -0.39 is 0 Å². The average molecular weight is 359 g/mol. The standard InChI is InChI=1S/C20H23ClN2O2/c1-15-4-3-5-17(12-15)22-8-10-23(11-9-22)20(24)14-25-19-13-16(2)6-7-18(19)21/h3-7,12-13H,8-11,14H2,1-2H3. The number of ether oxygens (including phenoxy) is 1. The first-order valence-corrected chi connectivity index (χ1v) is 8.89. The topological polar surface area (TPSA) is 32.8 Å². The zero-order valence-corrected chi connectivity index (χ0v) is 15.4. The summed E-state index contributed by atoms with van der Waals surface area (Å²) in [7, 11) is 0. The molecule has 0 aromatic heterocycles. The van der Waals surface area contributed by atoms with E-state index in [-0.39, 0.29) is 12.5 Å². The molecule has 0 unspecified atom stereocenters. The molecule has 0 aliphatic carbocycles. The molecule has 1 aliphatic rings. The van der Waals surface area contributed by atoms with Gasteiger partial charge in [-0.05, 0) is 49.2 Å². The Morgan fingerprint density at radius 3 is 2.48 bits per heavy atom. The van der Waals surface area contributed by atoms with Gasteiger partial charge in [0.15, 0.2) is 6.61 Å². The van der Waals surface area contributed by atoms with Crippen LogP contribution in [-0.4, -0.2) is 43.6 Å². The van der Waals surface area contributed by atoms with Gasteiger partial charge in [-0.3, -0.25) is 4.79 Å². The van der Waals surface area contributed by atoms with Crippen LogP contribution in [0, 0.1) is 13.8 Å². The third-order valence-electron chi connectivity index (χ3n) is 4.44. The van der Waals surface area contributed by atoms with Crippen molar-refractivity contribution in [3.05, 3.63) is 58.6 Å². The van der Waals surface area contributed by atoms with E-state index >= 15 is 0 Å². The highest BCUT2D eigenvalue weighted by Gasteiger charge is 2.21. The number of carbonyl (C=O) groups is 1. The highest BCUT2D eigenvalue weighted by atomic mass is 35.5. The molecule has 0 saturated carbocycles. The van der Waals surface area contributed by atoms with E-state index in [2.05, 4.69) is 36.1 Å². The summed E-state index contributed by atoms with van der Waals surface area (Å²) in [6, 6.07) is 14.0. The van der Waals surface area contributed by atoms with Crippen LogP contribution in [0.25, 0.3) is 0 Å². The van der Waals surface area contributed by atoms with E-state index in [1.165, 1.54) is 11.3 Å². The summed E-state index contributed by atoms with van der Waals surface area (Å²) in [5.74, 6) is 0.565. The van der Waals surface area contributed by atoms with E-state index in [4.69, 9.17) is 16.3 Å². The minimum atomic E-state index is 0.00136. The second-order valence-electron chi connectivity index (χ2n) is 6.43. The number of carbonyl (C=O) groups excluding carboxylic acids is 1. The monoisotopic (exact) mass is 358 g/mol. The van der Waals surface area contributed by atoms with E-state index in [9.17, 15) is 4.79 Å². The number of amides is 1. The molecule has 1 heterocycles. The van der Waals surface area contributed by atoms with Crippen LogP contribution >= 0.6 is 11.6 Å². The summed E-state index contributed by atoms with van der Waals surface area (Å²) in [5, 5.41) is 0.530. The third-order valence-corrected chi connectivity index (χ3v) is 4.75. The Hall–Kier alpha value is -2.20. The van der Waals surface area contributed by atoms with Gasteiger partial charge in [0, 0.05) is 31.9 Å². The Labute approximate surface area is 154 Å². The summed E-state index contributed by atoms with van der Waals surface area (Å²) >= 11 is 6.11. The number of benzene rings is 2. The summed E-state index contributed by atoms with van der Waals surface area (Å²) in [6.07, 6.45) is 0. The van der Waals surface area contributed by atoms with Crippen LogP contribution in [-0.2, 0) is 4.79 Å². The van der Waals surface area contributed by atoms with E-state index in [0.29, 0.717) is 23.9 Å². The second kappa shape index (κ2) is 7.79. The van der Waals surface area contributed by atoms with Gasteiger partial charge in [-0.1, -0.05) is 29.8 Å². The molecule has 1 aliphatic heterocycles. The molecule has 1 saturated heterocycles. The Bertz CT molecular complexity index is 755. The van der Waals surface area contributed by atoms with Crippen molar-refractivity contribution in [2.45, 2.75) is 13.8 Å². The predicted octanol–water partition coefficient (Wildman–Crippen LogP) is 3.68. The van der Waals surface area contributed by atoms with Crippen molar-refractivity contribution in [3.63, 3.8) is 0 Å². The summed E-state index contributed by atoms with van der Waals surface area (Å²) in [5.41, 5.74) is 3.52. The Morgan fingerprint density at radius 1 is 1.04 bits per heavy atom. The lowest BCUT2D eigenvalue weighted by molar-refractivity contribution is -0.133. The van der Waals surface area contributed by atoms with Crippen LogP contribution in [0.15, 0.2) is 42.5 Å². The van der Waals surface area contributed by atoms with Gasteiger partial charge in [-0.15, -0.1) is 0 Å². The molecule has 0 bridgehead atoms. The van der Waals surface area contributed by atoms with Gasteiger partial charge >= 0.3 is 0 Å². The fraction of sp³-hybridized carbons (Fsp3) is 0.350. The summed E-state index contributed by atoms with van der Waals surface area (Å²) < 4.78 is 5.62. The first-order chi connectivity index (χ1) is 12.0. The van der Waals surface area contributed by atoms with E-state index in [1.54, 1.807) is 6.07 Å². The van der Waals surface area contributed by atoms with Crippen molar-refractivity contribution >= 4 is 23.2 Å². The van der Waals surface area contributed by atoms with Gasteiger partial charge in [0.05, 0.1) is 5.02 Å². The lowest BCUT2D eigenvalue weighted by atomic mass is 10.2. The van der Waals surface area contributed by atoms with Crippen LogP contribution in [0.4, 0.5) is 5.69 Å². The number of nitrogens with zero attached hydrogens (tertiary/aromatic N) is 2. The number of hydrogen-bond donors (Lipinski definition) is 0. The minimum absolute atomic E-state index is 0.00136. The second-order valence-corrected chi connectivity index (χ2v) is 6.84. The maximum atomic E-state index is 12.4. The van der Waals surface area contributed by atoms with Crippen molar-refractivity contribution in [2.24, 2.45) is 0 Å². The first kappa shape index (κ1) is 17.6. The van der Waals surface area contributed by atoms with Crippen molar-refractivity contribution in [1.82, 2.24) is 4.90 Å². The molecule has 25 heavy (non-hydrogen) atoms. The normalized spacial score (nSPS) is 14.5. The molecule has 5 heteroatoms. The number of aryl methyl sites for hydroxylation is 2. The lowest BCUT2D eigenvalue weighted by Crippen LogP contribution is -2.50. The van der Waals surface area contributed by atoms with Gasteiger partial charge < -0.3 is 14.5 Å². The quantitative estimate of drug-likeness (QED) is 0.835. The predicted molar refractivity (Wildman–Crippen MR) is 102 cm³/mol. The molecule has 0 atom stereocenters. The molecule has 1 amide bonds. The van der Waals surface area contributed by atoms with Gasteiger partial charge in [0.25, 0.3) is 5.91 Å². The summed E-state index contributed by atoms with van der Waals surface area (Å²) in [4.78, 5) is 16.6. The number of hydrogen-bond acceptors (Lipinski definition) is 3. The highest BCUT2D eigenvalue weighted by Crippen LogP contribution is 2.25. The molecule has 1 fully saturated rings.